The Bertz CT molecular complexity index is 583. The zero-order valence-corrected chi connectivity index (χ0v) is 11.2. The Morgan fingerprint density at radius 1 is 1.05 bits per heavy atom. The number of allylic oxidation sites excluding steroid dienone is 1. The Hall–Kier alpha value is -2.06. The van der Waals surface area contributed by atoms with Gasteiger partial charge in [-0.2, -0.15) is 0 Å². The van der Waals surface area contributed by atoms with Crippen LogP contribution in [-0.2, 0) is 0 Å². The first kappa shape index (κ1) is 13.4. The summed E-state index contributed by atoms with van der Waals surface area (Å²) in [5.41, 5.74) is 1.57. The molecule has 0 aromatic heterocycles. The number of rotatable bonds is 4. The van der Waals surface area contributed by atoms with E-state index in [2.05, 4.69) is 0 Å². The van der Waals surface area contributed by atoms with Crippen LogP contribution in [0.2, 0.25) is 5.02 Å². The van der Waals surface area contributed by atoms with Crippen LogP contribution in [0.1, 0.15) is 15.9 Å². The molecule has 2 aromatic rings. The first-order valence-corrected chi connectivity index (χ1v) is 6.19. The summed E-state index contributed by atoms with van der Waals surface area (Å²) in [5, 5.41) is 0.621. The fourth-order valence-corrected chi connectivity index (χ4v) is 1.72. The van der Waals surface area contributed by atoms with E-state index in [-0.39, 0.29) is 5.78 Å². The van der Waals surface area contributed by atoms with Crippen molar-refractivity contribution in [1.29, 1.82) is 0 Å². The third-order valence-corrected chi connectivity index (χ3v) is 2.92. The molecule has 0 aliphatic carbocycles. The Morgan fingerprint density at radius 3 is 2.26 bits per heavy atom. The quantitative estimate of drug-likeness (QED) is 0.614. The molecule has 0 radical (unpaired) electrons. The zero-order valence-electron chi connectivity index (χ0n) is 10.5. The number of halogens is 1. The summed E-state index contributed by atoms with van der Waals surface area (Å²) in [6, 6.07) is 14.3. The highest BCUT2D eigenvalue weighted by Gasteiger charge is 2.00. The topological polar surface area (TPSA) is 26.3 Å². The van der Waals surface area contributed by atoms with E-state index in [4.69, 9.17) is 16.3 Å². The molecule has 2 rings (SSSR count). The third kappa shape index (κ3) is 3.70. The van der Waals surface area contributed by atoms with E-state index >= 15 is 0 Å². The van der Waals surface area contributed by atoms with Crippen molar-refractivity contribution in [3.8, 4) is 5.75 Å². The van der Waals surface area contributed by atoms with E-state index in [0.29, 0.717) is 10.6 Å². The van der Waals surface area contributed by atoms with Crippen molar-refractivity contribution in [2.45, 2.75) is 0 Å². The van der Waals surface area contributed by atoms with Gasteiger partial charge >= 0.3 is 0 Å². The largest absolute Gasteiger partial charge is 0.497 e. The highest BCUT2D eigenvalue weighted by atomic mass is 35.5. The van der Waals surface area contributed by atoms with Crippen molar-refractivity contribution in [3.63, 3.8) is 0 Å². The molecule has 2 aromatic carbocycles. The van der Waals surface area contributed by atoms with E-state index < -0.39 is 0 Å². The van der Waals surface area contributed by atoms with Crippen molar-refractivity contribution in [1.82, 2.24) is 0 Å². The van der Waals surface area contributed by atoms with E-state index in [1.54, 1.807) is 43.5 Å². The van der Waals surface area contributed by atoms with Gasteiger partial charge in [0.25, 0.3) is 0 Å². The van der Waals surface area contributed by atoms with Crippen LogP contribution in [0.5, 0.6) is 5.75 Å². The molecule has 0 bridgehead atoms. The van der Waals surface area contributed by atoms with Crippen LogP contribution in [0.4, 0.5) is 0 Å². The van der Waals surface area contributed by atoms with Gasteiger partial charge in [0.15, 0.2) is 5.78 Å². The number of methoxy groups -OCH3 is 1. The number of benzene rings is 2. The van der Waals surface area contributed by atoms with Gasteiger partial charge in [-0.25, -0.2) is 0 Å². The standard InChI is InChI=1S/C16H13ClO2/c1-19-15-9-2-12(3-10-15)4-11-16(18)13-5-7-14(17)8-6-13/h2-11H,1H3/b11-4-. The first-order chi connectivity index (χ1) is 9.19. The van der Waals surface area contributed by atoms with Gasteiger partial charge in [-0.3, -0.25) is 4.79 Å². The van der Waals surface area contributed by atoms with Crippen LogP contribution < -0.4 is 4.74 Å². The number of hydrogen-bond acceptors (Lipinski definition) is 2. The van der Waals surface area contributed by atoms with Crippen LogP contribution in [0.3, 0.4) is 0 Å². The van der Waals surface area contributed by atoms with Gasteiger partial charge in [-0.05, 0) is 48.0 Å². The van der Waals surface area contributed by atoms with Crippen molar-refractivity contribution in [2.24, 2.45) is 0 Å². The maximum Gasteiger partial charge on any atom is 0.185 e. The fraction of sp³-hybridized carbons (Fsp3) is 0.0625. The molecule has 0 aliphatic rings. The fourth-order valence-electron chi connectivity index (χ4n) is 1.60. The van der Waals surface area contributed by atoms with Gasteiger partial charge in [0.1, 0.15) is 5.75 Å². The van der Waals surface area contributed by atoms with Crippen LogP contribution in [0.15, 0.2) is 54.6 Å². The molecule has 0 amide bonds. The molecule has 0 spiro atoms. The van der Waals surface area contributed by atoms with Crippen molar-refractivity contribution >= 4 is 23.5 Å². The molecule has 96 valence electrons. The van der Waals surface area contributed by atoms with Gasteiger partial charge in [-0.1, -0.05) is 29.8 Å². The summed E-state index contributed by atoms with van der Waals surface area (Å²) in [7, 11) is 1.62. The second-order valence-corrected chi connectivity index (χ2v) is 4.41. The van der Waals surface area contributed by atoms with Crippen LogP contribution in [0.25, 0.3) is 6.08 Å². The number of hydrogen-bond donors (Lipinski definition) is 0. The summed E-state index contributed by atoms with van der Waals surface area (Å²) in [6.07, 6.45) is 3.32. The molecule has 0 saturated heterocycles. The minimum absolute atomic E-state index is 0.0486. The predicted molar refractivity (Wildman–Crippen MR) is 77.8 cm³/mol. The van der Waals surface area contributed by atoms with Crippen molar-refractivity contribution in [2.75, 3.05) is 7.11 Å². The van der Waals surface area contributed by atoms with Gasteiger partial charge in [0.05, 0.1) is 7.11 Å². The molecule has 19 heavy (non-hydrogen) atoms. The summed E-state index contributed by atoms with van der Waals surface area (Å²) in [6.45, 7) is 0. The maximum absolute atomic E-state index is 11.9. The molecule has 3 heteroatoms. The molecule has 0 atom stereocenters. The van der Waals surface area contributed by atoms with Gasteiger partial charge in [-0.15, -0.1) is 0 Å². The smallest absolute Gasteiger partial charge is 0.185 e. The average molecular weight is 273 g/mol. The Labute approximate surface area is 117 Å². The van der Waals surface area contributed by atoms with Crippen LogP contribution in [0, 0.1) is 0 Å². The number of ether oxygens (including phenoxy) is 1. The molecular weight excluding hydrogens is 260 g/mol. The van der Waals surface area contributed by atoms with Gasteiger partial charge < -0.3 is 4.74 Å². The minimum atomic E-state index is -0.0486. The lowest BCUT2D eigenvalue weighted by Crippen LogP contribution is -1.93. The molecule has 0 heterocycles. The summed E-state index contributed by atoms with van der Waals surface area (Å²) >= 11 is 5.78. The summed E-state index contributed by atoms with van der Waals surface area (Å²) in [4.78, 5) is 11.9. The van der Waals surface area contributed by atoms with Gasteiger partial charge in [0, 0.05) is 10.6 Å². The normalized spacial score (nSPS) is 10.6. The second-order valence-electron chi connectivity index (χ2n) is 3.98. The first-order valence-electron chi connectivity index (χ1n) is 5.81. The molecule has 0 unspecified atom stereocenters. The van der Waals surface area contributed by atoms with Crippen molar-refractivity contribution in [3.05, 3.63) is 70.8 Å². The monoisotopic (exact) mass is 272 g/mol. The molecule has 0 N–H and O–H groups in total. The Morgan fingerprint density at radius 2 is 1.68 bits per heavy atom. The van der Waals surface area contributed by atoms with Crippen LogP contribution in [-0.4, -0.2) is 12.9 Å². The Kier molecular flexibility index (Phi) is 4.37. The highest BCUT2D eigenvalue weighted by Crippen LogP contribution is 2.14. The van der Waals surface area contributed by atoms with E-state index in [1.165, 1.54) is 0 Å². The molecule has 2 nitrogen and oxygen atoms in total. The van der Waals surface area contributed by atoms with E-state index in [1.807, 2.05) is 24.3 Å². The van der Waals surface area contributed by atoms with Gasteiger partial charge in [0.2, 0.25) is 0 Å². The lowest BCUT2D eigenvalue weighted by Gasteiger charge is -1.99. The van der Waals surface area contributed by atoms with E-state index in [0.717, 1.165) is 11.3 Å². The second kappa shape index (κ2) is 6.21. The number of carbonyl (C=O) groups excluding carboxylic acids is 1. The van der Waals surface area contributed by atoms with Crippen molar-refractivity contribution < 1.29 is 9.53 Å². The SMILES string of the molecule is COc1ccc(/C=C\C(=O)c2ccc(Cl)cc2)cc1. The highest BCUT2D eigenvalue weighted by molar-refractivity contribution is 6.30. The molecule has 0 aliphatic heterocycles. The minimum Gasteiger partial charge on any atom is -0.497 e. The average Bonchev–Trinajstić information content (AvgIpc) is 2.46. The lowest BCUT2D eigenvalue weighted by atomic mass is 10.1. The maximum atomic E-state index is 11.9. The number of ketones is 1. The third-order valence-electron chi connectivity index (χ3n) is 2.67. The number of carbonyl (C=O) groups is 1. The van der Waals surface area contributed by atoms with E-state index in [9.17, 15) is 4.79 Å². The molecular formula is C16H13ClO2. The Balaban J connectivity index is 2.08. The lowest BCUT2D eigenvalue weighted by molar-refractivity contribution is 0.104. The molecule has 0 saturated carbocycles. The summed E-state index contributed by atoms with van der Waals surface area (Å²) in [5.74, 6) is 0.744. The molecule has 0 fully saturated rings. The van der Waals surface area contributed by atoms with Crippen LogP contribution >= 0.6 is 11.6 Å². The summed E-state index contributed by atoms with van der Waals surface area (Å²) < 4.78 is 5.07. The predicted octanol–water partition coefficient (Wildman–Crippen LogP) is 4.24. The zero-order chi connectivity index (χ0) is 13.7.